The molecule has 1 saturated carbocycles. The number of para-hydroxylation sites is 2. The number of benzene rings is 2. The molecule has 1 fully saturated rings. The van der Waals surface area contributed by atoms with E-state index in [1.165, 1.54) is 35.6 Å². The van der Waals surface area contributed by atoms with Crippen molar-refractivity contribution in [2.45, 2.75) is 53.0 Å². The van der Waals surface area contributed by atoms with E-state index in [0.717, 1.165) is 16.9 Å². The zero-order valence-electron chi connectivity index (χ0n) is 18.5. The first kappa shape index (κ1) is 21.5. The summed E-state index contributed by atoms with van der Waals surface area (Å²) in [5, 5.41) is 13.7. The van der Waals surface area contributed by atoms with E-state index in [9.17, 15) is 10.1 Å². The van der Waals surface area contributed by atoms with Gasteiger partial charge in [-0.25, -0.2) is 4.99 Å². The highest BCUT2D eigenvalue weighted by molar-refractivity contribution is 7.07. The first-order valence-corrected chi connectivity index (χ1v) is 11.8. The Morgan fingerprint density at radius 3 is 2.61 bits per heavy atom. The standard InChI is InChI=1S/C25H29N3O2S/c1-16-12-13-20(14-18(16)3)24-15-31-25(26-21-9-5-6-10-23(21)28(29)30)27(24)22-11-7-8-17(2)19(22)4/h5-6,9-10,12-15,17,19,22H,7-8,11H2,1-4H3. The molecule has 2 aromatic carbocycles. The van der Waals surface area contributed by atoms with Crippen LogP contribution in [0.2, 0.25) is 0 Å². The van der Waals surface area contributed by atoms with E-state index < -0.39 is 0 Å². The van der Waals surface area contributed by atoms with Crippen molar-refractivity contribution in [3.8, 4) is 11.3 Å². The van der Waals surface area contributed by atoms with Crippen molar-refractivity contribution >= 4 is 22.7 Å². The molecule has 3 atom stereocenters. The highest BCUT2D eigenvalue weighted by Crippen LogP contribution is 2.40. The van der Waals surface area contributed by atoms with E-state index >= 15 is 0 Å². The Hall–Kier alpha value is -2.73. The SMILES string of the molecule is Cc1ccc(-c2csc(=Nc3ccccc3[N+](=O)[O-])n2C2CCCC(C)C2C)cc1C. The zero-order chi connectivity index (χ0) is 22.1. The van der Waals surface area contributed by atoms with E-state index in [1.807, 2.05) is 0 Å². The Morgan fingerprint density at radius 1 is 1.10 bits per heavy atom. The van der Waals surface area contributed by atoms with Gasteiger partial charge in [0, 0.05) is 17.5 Å². The zero-order valence-corrected chi connectivity index (χ0v) is 19.4. The Labute approximate surface area is 187 Å². The summed E-state index contributed by atoms with van der Waals surface area (Å²) in [6.07, 6.45) is 3.54. The normalized spacial score (nSPS) is 21.9. The number of aryl methyl sites for hydroxylation is 2. The Bertz CT molecular complexity index is 1180. The Kier molecular flexibility index (Phi) is 6.10. The lowest BCUT2D eigenvalue weighted by molar-refractivity contribution is -0.384. The molecule has 162 valence electrons. The van der Waals surface area contributed by atoms with Gasteiger partial charge >= 0.3 is 0 Å². The van der Waals surface area contributed by atoms with E-state index in [2.05, 4.69) is 55.8 Å². The van der Waals surface area contributed by atoms with Gasteiger partial charge in [-0.15, -0.1) is 11.3 Å². The molecule has 1 aromatic heterocycles. The molecule has 1 heterocycles. The third kappa shape index (κ3) is 4.22. The molecule has 31 heavy (non-hydrogen) atoms. The van der Waals surface area contributed by atoms with Crippen LogP contribution in [0.3, 0.4) is 0 Å². The van der Waals surface area contributed by atoms with Crippen LogP contribution in [0.25, 0.3) is 11.3 Å². The number of hydrogen-bond acceptors (Lipinski definition) is 4. The van der Waals surface area contributed by atoms with Crippen LogP contribution in [-0.4, -0.2) is 9.49 Å². The maximum atomic E-state index is 11.5. The number of nitrogens with zero attached hydrogens (tertiary/aromatic N) is 3. The highest BCUT2D eigenvalue weighted by Gasteiger charge is 2.30. The second-order valence-corrected chi connectivity index (χ2v) is 9.60. The van der Waals surface area contributed by atoms with Crippen molar-refractivity contribution in [3.63, 3.8) is 0 Å². The number of nitro groups is 1. The molecular weight excluding hydrogens is 406 g/mol. The fraction of sp³-hybridized carbons (Fsp3) is 0.400. The van der Waals surface area contributed by atoms with Crippen molar-refractivity contribution in [3.05, 3.63) is 73.9 Å². The van der Waals surface area contributed by atoms with Gasteiger partial charge in [0.2, 0.25) is 0 Å². The lowest BCUT2D eigenvalue weighted by Crippen LogP contribution is -2.32. The minimum Gasteiger partial charge on any atom is -0.313 e. The number of hydrogen-bond donors (Lipinski definition) is 0. The number of nitro benzene ring substituents is 1. The molecule has 3 aromatic rings. The molecule has 0 aliphatic heterocycles. The highest BCUT2D eigenvalue weighted by atomic mass is 32.1. The maximum absolute atomic E-state index is 11.5. The van der Waals surface area contributed by atoms with Crippen LogP contribution in [0.15, 0.2) is 52.8 Å². The van der Waals surface area contributed by atoms with Crippen molar-refractivity contribution in [2.75, 3.05) is 0 Å². The van der Waals surface area contributed by atoms with Crippen molar-refractivity contribution in [1.82, 2.24) is 4.57 Å². The number of aromatic nitrogens is 1. The van der Waals surface area contributed by atoms with Crippen LogP contribution in [0, 0.1) is 35.8 Å². The van der Waals surface area contributed by atoms with E-state index in [4.69, 9.17) is 4.99 Å². The smallest absolute Gasteiger partial charge is 0.294 e. The number of thiazole rings is 1. The molecule has 6 heteroatoms. The molecule has 4 rings (SSSR count). The first-order chi connectivity index (χ1) is 14.9. The molecule has 0 spiro atoms. The monoisotopic (exact) mass is 435 g/mol. The Morgan fingerprint density at radius 2 is 1.87 bits per heavy atom. The molecule has 0 saturated heterocycles. The van der Waals surface area contributed by atoms with Gasteiger partial charge in [-0.1, -0.05) is 51.0 Å². The van der Waals surface area contributed by atoms with Crippen LogP contribution in [0.1, 0.15) is 50.3 Å². The van der Waals surface area contributed by atoms with Gasteiger partial charge in [-0.3, -0.25) is 10.1 Å². The topological polar surface area (TPSA) is 60.4 Å². The van der Waals surface area contributed by atoms with Gasteiger partial charge in [0.15, 0.2) is 4.80 Å². The summed E-state index contributed by atoms with van der Waals surface area (Å²) in [7, 11) is 0. The molecule has 1 aliphatic carbocycles. The van der Waals surface area contributed by atoms with Gasteiger partial charge < -0.3 is 4.57 Å². The third-order valence-electron chi connectivity index (χ3n) is 6.83. The first-order valence-electron chi connectivity index (χ1n) is 10.9. The summed E-state index contributed by atoms with van der Waals surface area (Å²) in [6, 6.07) is 13.6. The van der Waals surface area contributed by atoms with Gasteiger partial charge in [-0.2, -0.15) is 0 Å². The summed E-state index contributed by atoms with van der Waals surface area (Å²) in [6.45, 7) is 8.93. The van der Waals surface area contributed by atoms with E-state index in [0.29, 0.717) is 23.6 Å². The maximum Gasteiger partial charge on any atom is 0.294 e. The predicted octanol–water partition coefficient (Wildman–Crippen LogP) is 6.97. The average molecular weight is 436 g/mol. The quantitative estimate of drug-likeness (QED) is 0.328. The summed E-state index contributed by atoms with van der Waals surface area (Å²) >= 11 is 1.57. The van der Waals surface area contributed by atoms with E-state index in [-0.39, 0.29) is 10.6 Å². The van der Waals surface area contributed by atoms with Crippen LogP contribution in [0.5, 0.6) is 0 Å². The predicted molar refractivity (Wildman–Crippen MR) is 127 cm³/mol. The van der Waals surface area contributed by atoms with Crippen LogP contribution >= 0.6 is 11.3 Å². The summed E-state index contributed by atoms with van der Waals surface area (Å²) in [4.78, 5) is 16.8. The van der Waals surface area contributed by atoms with E-state index in [1.54, 1.807) is 29.5 Å². The molecule has 0 bridgehead atoms. The molecule has 5 nitrogen and oxygen atoms in total. The van der Waals surface area contributed by atoms with Crippen molar-refractivity contribution in [2.24, 2.45) is 16.8 Å². The van der Waals surface area contributed by atoms with Gasteiger partial charge in [0.1, 0.15) is 5.69 Å². The van der Waals surface area contributed by atoms with Gasteiger partial charge in [0.05, 0.1) is 10.6 Å². The summed E-state index contributed by atoms with van der Waals surface area (Å²) in [5.74, 6) is 1.15. The van der Waals surface area contributed by atoms with Gasteiger partial charge in [-0.05, 0) is 60.9 Å². The third-order valence-corrected chi connectivity index (χ3v) is 7.67. The lowest BCUT2D eigenvalue weighted by Gasteiger charge is -2.36. The molecular formula is C25H29N3O2S. The minimum atomic E-state index is -0.355. The van der Waals surface area contributed by atoms with Gasteiger partial charge in [0.25, 0.3) is 5.69 Å². The summed E-state index contributed by atoms with van der Waals surface area (Å²) < 4.78 is 2.35. The molecule has 3 unspecified atom stereocenters. The molecule has 0 radical (unpaired) electrons. The number of rotatable bonds is 4. The molecule has 0 amide bonds. The van der Waals surface area contributed by atoms with Crippen molar-refractivity contribution < 1.29 is 4.92 Å². The second kappa shape index (κ2) is 8.79. The van der Waals surface area contributed by atoms with Crippen LogP contribution in [-0.2, 0) is 0 Å². The largest absolute Gasteiger partial charge is 0.313 e. The van der Waals surface area contributed by atoms with Crippen molar-refractivity contribution in [1.29, 1.82) is 0 Å². The lowest BCUT2D eigenvalue weighted by atomic mass is 9.78. The fourth-order valence-corrected chi connectivity index (χ4v) is 5.53. The average Bonchev–Trinajstić information content (AvgIpc) is 3.15. The fourth-order valence-electron chi connectivity index (χ4n) is 4.57. The van der Waals surface area contributed by atoms with Crippen LogP contribution < -0.4 is 4.80 Å². The molecule has 1 aliphatic rings. The second-order valence-electron chi connectivity index (χ2n) is 8.76. The van der Waals surface area contributed by atoms with Crippen LogP contribution in [0.4, 0.5) is 11.4 Å². The molecule has 0 N–H and O–H groups in total. The Balaban J connectivity index is 1.94. The minimum absolute atomic E-state index is 0.0419. The summed E-state index contributed by atoms with van der Waals surface area (Å²) in [5.41, 5.74) is 5.31.